The van der Waals surface area contributed by atoms with Crippen LogP contribution in [0.2, 0.25) is 0 Å². The third-order valence-corrected chi connectivity index (χ3v) is 2.93. The van der Waals surface area contributed by atoms with Crippen LogP contribution in [0, 0.1) is 6.92 Å². The quantitative estimate of drug-likeness (QED) is 0.848. The summed E-state index contributed by atoms with van der Waals surface area (Å²) in [4.78, 5) is 3.32. The van der Waals surface area contributed by atoms with E-state index in [1.807, 2.05) is 0 Å². The molecule has 0 amide bonds. The zero-order valence-electron chi connectivity index (χ0n) is 8.10. The molecule has 2 nitrogen and oxygen atoms in total. The van der Waals surface area contributed by atoms with Crippen molar-refractivity contribution in [2.24, 2.45) is 5.73 Å². The lowest BCUT2D eigenvalue weighted by atomic mass is 10.1. The van der Waals surface area contributed by atoms with E-state index in [1.165, 1.54) is 22.2 Å². The molecule has 0 fully saturated rings. The van der Waals surface area contributed by atoms with Crippen molar-refractivity contribution in [1.29, 1.82) is 0 Å². The summed E-state index contributed by atoms with van der Waals surface area (Å²) in [6.45, 7) is 2.76. The van der Waals surface area contributed by atoms with E-state index in [0.717, 1.165) is 10.9 Å². The van der Waals surface area contributed by atoms with Gasteiger partial charge in [-0.3, -0.25) is 0 Å². The lowest BCUT2D eigenvalue weighted by molar-refractivity contribution is 0.970. The van der Waals surface area contributed by atoms with Crippen molar-refractivity contribution < 1.29 is 0 Å². The molecule has 1 aromatic carbocycles. The van der Waals surface area contributed by atoms with Crippen molar-refractivity contribution in [3.63, 3.8) is 0 Å². The van der Waals surface area contributed by atoms with E-state index in [2.05, 4.69) is 46.0 Å². The van der Waals surface area contributed by atoms with E-state index in [4.69, 9.17) is 5.73 Å². The Morgan fingerprint density at radius 1 is 1.36 bits per heavy atom. The minimum absolute atomic E-state index is 0.696. The Balaban J connectivity index is 2.59. The molecule has 2 rings (SSSR count). The highest BCUT2D eigenvalue weighted by molar-refractivity contribution is 9.10. The predicted molar refractivity (Wildman–Crippen MR) is 63.5 cm³/mol. The van der Waals surface area contributed by atoms with E-state index in [1.54, 1.807) is 0 Å². The molecule has 0 aliphatic rings. The van der Waals surface area contributed by atoms with Crippen molar-refractivity contribution in [2.45, 2.75) is 13.3 Å². The Bertz CT molecular complexity index is 460. The van der Waals surface area contributed by atoms with Gasteiger partial charge in [-0.2, -0.15) is 0 Å². The first-order valence-electron chi connectivity index (χ1n) is 4.68. The molecule has 0 saturated heterocycles. The van der Waals surface area contributed by atoms with E-state index in [0.29, 0.717) is 6.54 Å². The maximum absolute atomic E-state index is 5.54. The highest BCUT2D eigenvalue weighted by atomic mass is 79.9. The van der Waals surface area contributed by atoms with Crippen LogP contribution in [0.15, 0.2) is 22.7 Å². The Morgan fingerprint density at radius 3 is 2.86 bits per heavy atom. The van der Waals surface area contributed by atoms with Crippen LogP contribution in [-0.2, 0) is 6.42 Å². The molecule has 74 valence electrons. The van der Waals surface area contributed by atoms with Gasteiger partial charge in [0.1, 0.15) is 0 Å². The summed E-state index contributed by atoms with van der Waals surface area (Å²) in [7, 11) is 0. The second-order valence-electron chi connectivity index (χ2n) is 3.53. The van der Waals surface area contributed by atoms with Crippen LogP contribution in [-0.4, -0.2) is 11.5 Å². The number of halogens is 1. The molecular formula is C11H13BrN2. The molecule has 14 heavy (non-hydrogen) atoms. The molecule has 0 atom stereocenters. The number of benzene rings is 1. The molecule has 0 aliphatic heterocycles. The number of aryl methyl sites for hydroxylation is 1. The largest absolute Gasteiger partial charge is 0.358 e. The number of nitrogens with one attached hydrogen (secondary N) is 1. The van der Waals surface area contributed by atoms with Crippen molar-refractivity contribution in [1.82, 2.24) is 4.98 Å². The molecular weight excluding hydrogens is 240 g/mol. The summed E-state index contributed by atoms with van der Waals surface area (Å²) in [6.07, 6.45) is 0.929. The highest BCUT2D eigenvalue weighted by Gasteiger charge is 2.03. The highest BCUT2D eigenvalue weighted by Crippen LogP contribution is 2.26. The van der Waals surface area contributed by atoms with Crippen LogP contribution in [0.3, 0.4) is 0 Å². The Hall–Kier alpha value is -0.800. The summed E-state index contributed by atoms with van der Waals surface area (Å²) < 4.78 is 1.12. The fraction of sp³-hybridized carbons (Fsp3) is 0.273. The zero-order chi connectivity index (χ0) is 10.1. The third kappa shape index (κ3) is 1.70. The van der Waals surface area contributed by atoms with Gasteiger partial charge in [-0.1, -0.05) is 0 Å². The summed E-state index contributed by atoms with van der Waals surface area (Å²) in [5, 5.41) is 1.25. The molecule has 0 bridgehead atoms. The number of hydrogen-bond acceptors (Lipinski definition) is 1. The second-order valence-corrected chi connectivity index (χ2v) is 4.39. The first-order valence-corrected chi connectivity index (χ1v) is 5.48. The first kappa shape index (κ1) is 9.74. The first-order chi connectivity index (χ1) is 6.70. The monoisotopic (exact) mass is 252 g/mol. The van der Waals surface area contributed by atoms with Gasteiger partial charge in [0.15, 0.2) is 0 Å². The molecule has 0 aliphatic carbocycles. The van der Waals surface area contributed by atoms with Crippen molar-refractivity contribution in [3.8, 4) is 0 Å². The molecule has 2 aromatic rings. The zero-order valence-corrected chi connectivity index (χ0v) is 9.69. The second kappa shape index (κ2) is 3.75. The van der Waals surface area contributed by atoms with Gasteiger partial charge in [0, 0.05) is 15.6 Å². The third-order valence-electron chi connectivity index (χ3n) is 2.31. The molecule has 1 heterocycles. The van der Waals surface area contributed by atoms with Crippen LogP contribution >= 0.6 is 15.9 Å². The number of fused-ring (bicyclic) bond motifs is 1. The fourth-order valence-electron chi connectivity index (χ4n) is 1.71. The van der Waals surface area contributed by atoms with Gasteiger partial charge in [0.2, 0.25) is 0 Å². The number of aromatic nitrogens is 1. The predicted octanol–water partition coefficient (Wildman–Crippen LogP) is 2.74. The SMILES string of the molecule is Cc1cc2cc(CCN)cc(Br)c2[nH]1. The van der Waals surface area contributed by atoms with Crippen LogP contribution in [0.5, 0.6) is 0 Å². The standard InChI is InChI=1S/C11H13BrN2/c1-7-4-9-5-8(2-3-13)6-10(12)11(9)14-7/h4-6,14H,2-3,13H2,1H3. The van der Waals surface area contributed by atoms with Gasteiger partial charge >= 0.3 is 0 Å². The summed E-state index contributed by atoms with van der Waals surface area (Å²) in [6, 6.07) is 6.47. The van der Waals surface area contributed by atoms with Crippen molar-refractivity contribution in [2.75, 3.05) is 6.54 Å². The van der Waals surface area contributed by atoms with E-state index in [9.17, 15) is 0 Å². The average Bonchev–Trinajstić information content (AvgIpc) is 2.47. The van der Waals surface area contributed by atoms with Crippen LogP contribution in [0.4, 0.5) is 0 Å². The number of hydrogen-bond donors (Lipinski definition) is 2. The normalized spacial score (nSPS) is 11.1. The Kier molecular flexibility index (Phi) is 2.61. The van der Waals surface area contributed by atoms with E-state index < -0.39 is 0 Å². The minimum atomic E-state index is 0.696. The van der Waals surface area contributed by atoms with Gasteiger partial charge in [-0.25, -0.2) is 0 Å². The Labute approximate surface area is 91.6 Å². The smallest absolute Gasteiger partial charge is 0.0600 e. The minimum Gasteiger partial charge on any atom is -0.358 e. The maximum atomic E-state index is 5.54. The van der Waals surface area contributed by atoms with Crippen LogP contribution in [0.25, 0.3) is 10.9 Å². The fourth-order valence-corrected chi connectivity index (χ4v) is 2.33. The lowest BCUT2D eigenvalue weighted by Gasteiger charge is -2.01. The molecule has 1 aromatic heterocycles. The molecule has 0 radical (unpaired) electrons. The Morgan fingerprint density at radius 2 is 2.14 bits per heavy atom. The molecule has 3 heteroatoms. The van der Waals surface area contributed by atoms with Gasteiger partial charge in [-0.05, 0) is 59.6 Å². The van der Waals surface area contributed by atoms with Gasteiger partial charge < -0.3 is 10.7 Å². The van der Waals surface area contributed by atoms with Gasteiger partial charge in [0.25, 0.3) is 0 Å². The lowest BCUT2D eigenvalue weighted by Crippen LogP contribution is -2.02. The van der Waals surface area contributed by atoms with Crippen LogP contribution < -0.4 is 5.73 Å². The number of nitrogens with two attached hydrogens (primary N) is 1. The van der Waals surface area contributed by atoms with E-state index in [-0.39, 0.29) is 0 Å². The molecule has 3 N–H and O–H groups in total. The average molecular weight is 253 g/mol. The summed E-state index contributed by atoms with van der Waals surface area (Å²) in [5.74, 6) is 0. The number of H-pyrrole nitrogens is 1. The summed E-state index contributed by atoms with van der Waals surface area (Å²) in [5.41, 5.74) is 9.18. The topological polar surface area (TPSA) is 41.8 Å². The number of aromatic amines is 1. The van der Waals surface area contributed by atoms with Gasteiger partial charge in [-0.15, -0.1) is 0 Å². The molecule has 0 spiro atoms. The van der Waals surface area contributed by atoms with E-state index >= 15 is 0 Å². The van der Waals surface area contributed by atoms with Crippen molar-refractivity contribution in [3.05, 3.63) is 33.9 Å². The molecule has 0 saturated carbocycles. The summed E-state index contributed by atoms with van der Waals surface area (Å²) >= 11 is 3.56. The number of rotatable bonds is 2. The van der Waals surface area contributed by atoms with Crippen LogP contribution in [0.1, 0.15) is 11.3 Å². The van der Waals surface area contributed by atoms with Crippen molar-refractivity contribution >= 4 is 26.8 Å². The maximum Gasteiger partial charge on any atom is 0.0600 e. The molecule has 0 unspecified atom stereocenters. The van der Waals surface area contributed by atoms with Gasteiger partial charge in [0.05, 0.1) is 5.52 Å².